The van der Waals surface area contributed by atoms with E-state index in [9.17, 15) is 9.18 Å². The zero-order chi connectivity index (χ0) is 13.3. The normalized spacial score (nSPS) is 23.9. The summed E-state index contributed by atoms with van der Waals surface area (Å²) in [5.74, 6) is -0.259. The highest BCUT2D eigenvalue weighted by molar-refractivity contribution is 6.00. The molecule has 1 fully saturated rings. The van der Waals surface area contributed by atoms with Crippen molar-refractivity contribution in [2.45, 2.75) is 38.8 Å². The molecule has 1 saturated heterocycles. The summed E-state index contributed by atoms with van der Waals surface area (Å²) in [4.78, 5) is 14.3. The summed E-state index contributed by atoms with van der Waals surface area (Å²) in [7, 11) is 0. The Hall–Kier alpha value is -1.42. The van der Waals surface area contributed by atoms with Gasteiger partial charge in [-0.15, -0.1) is 0 Å². The highest BCUT2D eigenvalue weighted by atomic mass is 19.1. The Morgan fingerprint density at radius 1 is 1.33 bits per heavy atom. The van der Waals surface area contributed by atoms with Gasteiger partial charge in [-0.2, -0.15) is 0 Å². The SMILES string of the molecule is CC1CCNC(C)(C)C(=O)N1c1ccc(F)cc1. The Labute approximate surface area is 107 Å². The van der Waals surface area contributed by atoms with E-state index >= 15 is 0 Å². The van der Waals surface area contributed by atoms with Crippen LogP contribution in [0.15, 0.2) is 24.3 Å². The minimum absolute atomic E-state index is 0.0270. The smallest absolute Gasteiger partial charge is 0.246 e. The monoisotopic (exact) mass is 250 g/mol. The van der Waals surface area contributed by atoms with E-state index in [1.54, 1.807) is 17.0 Å². The molecule has 18 heavy (non-hydrogen) atoms. The molecule has 1 atom stereocenters. The molecule has 0 spiro atoms. The van der Waals surface area contributed by atoms with Crippen LogP contribution in [0, 0.1) is 5.82 Å². The fraction of sp³-hybridized carbons (Fsp3) is 0.500. The van der Waals surface area contributed by atoms with Crippen LogP contribution in [0.2, 0.25) is 0 Å². The number of rotatable bonds is 1. The van der Waals surface area contributed by atoms with Gasteiger partial charge in [0.15, 0.2) is 0 Å². The second-order valence-electron chi connectivity index (χ2n) is 5.34. The van der Waals surface area contributed by atoms with E-state index in [1.807, 2.05) is 20.8 Å². The van der Waals surface area contributed by atoms with Gasteiger partial charge in [-0.25, -0.2) is 4.39 Å². The second kappa shape index (κ2) is 4.69. The van der Waals surface area contributed by atoms with Crippen LogP contribution in [0.25, 0.3) is 0 Å². The molecular formula is C14H19FN2O. The van der Waals surface area contributed by atoms with E-state index in [-0.39, 0.29) is 17.8 Å². The van der Waals surface area contributed by atoms with Crippen LogP contribution in [-0.2, 0) is 4.79 Å². The molecule has 1 unspecified atom stereocenters. The number of nitrogens with zero attached hydrogens (tertiary/aromatic N) is 1. The number of benzene rings is 1. The molecule has 0 aliphatic carbocycles. The highest BCUT2D eigenvalue weighted by Crippen LogP contribution is 2.25. The topological polar surface area (TPSA) is 32.3 Å². The number of carbonyl (C=O) groups is 1. The van der Waals surface area contributed by atoms with E-state index < -0.39 is 5.54 Å². The van der Waals surface area contributed by atoms with Crippen LogP contribution in [0.1, 0.15) is 27.2 Å². The molecule has 1 N–H and O–H groups in total. The maximum absolute atomic E-state index is 13.0. The fourth-order valence-corrected chi connectivity index (χ4v) is 2.27. The quantitative estimate of drug-likeness (QED) is 0.829. The van der Waals surface area contributed by atoms with Crippen molar-refractivity contribution in [3.63, 3.8) is 0 Å². The third-order valence-electron chi connectivity index (χ3n) is 3.43. The van der Waals surface area contributed by atoms with Crippen molar-refractivity contribution in [3.8, 4) is 0 Å². The number of hydrogen-bond donors (Lipinski definition) is 1. The van der Waals surface area contributed by atoms with Gasteiger partial charge in [0.05, 0.1) is 5.54 Å². The Kier molecular flexibility index (Phi) is 3.39. The molecule has 4 heteroatoms. The van der Waals surface area contributed by atoms with Crippen LogP contribution < -0.4 is 10.2 Å². The van der Waals surface area contributed by atoms with Crippen molar-refractivity contribution in [1.29, 1.82) is 0 Å². The Bertz CT molecular complexity index is 442. The summed E-state index contributed by atoms with van der Waals surface area (Å²) >= 11 is 0. The lowest BCUT2D eigenvalue weighted by Crippen LogP contribution is -2.53. The van der Waals surface area contributed by atoms with Gasteiger partial charge in [0.2, 0.25) is 5.91 Å². The van der Waals surface area contributed by atoms with Crippen molar-refractivity contribution < 1.29 is 9.18 Å². The molecule has 1 aliphatic rings. The van der Waals surface area contributed by atoms with E-state index in [2.05, 4.69) is 5.32 Å². The lowest BCUT2D eigenvalue weighted by Gasteiger charge is -2.32. The molecule has 98 valence electrons. The van der Waals surface area contributed by atoms with Gasteiger partial charge >= 0.3 is 0 Å². The standard InChI is InChI=1S/C14H19FN2O/c1-10-8-9-16-14(2,3)13(18)17(10)12-6-4-11(15)5-7-12/h4-7,10,16H,8-9H2,1-3H3. The number of halogens is 1. The van der Waals surface area contributed by atoms with Crippen molar-refractivity contribution in [3.05, 3.63) is 30.1 Å². The van der Waals surface area contributed by atoms with Crippen LogP contribution in [0.4, 0.5) is 10.1 Å². The molecule has 2 rings (SSSR count). The highest BCUT2D eigenvalue weighted by Gasteiger charge is 2.37. The maximum Gasteiger partial charge on any atom is 0.246 e. The fourth-order valence-electron chi connectivity index (χ4n) is 2.27. The zero-order valence-corrected chi connectivity index (χ0v) is 11.0. The summed E-state index contributed by atoms with van der Waals surface area (Å²) in [5.41, 5.74) is 0.171. The minimum Gasteiger partial charge on any atom is -0.308 e. The molecule has 1 aliphatic heterocycles. The Morgan fingerprint density at radius 3 is 2.56 bits per heavy atom. The lowest BCUT2D eigenvalue weighted by atomic mass is 10.0. The zero-order valence-electron chi connectivity index (χ0n) is 11.0. The summed E-state index contributed by atoms with van der Waals surface area (Å²) in [6.07, 6.45) is 0.881. The number of carbonyl (C=O) groups excluding carboxylic acids is 1. The first-order chi connectivity index (χ1) is 8.42. The summed E-state index contributed by atoms with van der Waals surface area (Å²) < 4.78 is 13.0. The number of hydrogen-bond acceptors (Lipinski definition) is 2. The van der Waals surface area contributed by atoms with E-state index in [0.29, 0.717) is 0 Å². The van der Waals surface area contributed by atoms with Gasteiger partial charge in [-0.05, 0) is 58.0 Å². The van der Waals surface area contributed by atoms with E-state index in [4.69, 9.17) is 0 Å². The average molecular weight is 250 g/mol. The van der Waals surface area contributed by atoms with Crippen molar-refractivity contribution in [2.75, 3.05) is 11.4 Å². The first kappa shape index (κ1) is 13.0. The third kappa shape index (κ3) is 2.38. The summed E-state index contributed by atoms with van der Waals surface area (Å²) in [5, 5.41) is 3.25. The third-order valence-corrected chi connectivity index (χ3v) is 3.43. The number of nitrogens with one attached hydrogen (secondary N) is 1. The number of amides is 1. The van der Waals surface area contributed by atoms with Crippen molar-refractivity contribution >= 4 is 11.6 Å². The number of anilines is 1. The molecule has 3 nitrogen and oxygen atoms in total. The maximum atomic E-state index is 13.0. The van der Waals surface area contributed by atoms with E-state index in [1.165, 1.54) is 12.1 Å². The molecule has 0 saturated carbocycles. The first-order valence-corrected chi connectivity index (χ1v) is 6.26. The van der Waals surface area contributed by atoms with Gasteiger partial charge in [-0.3, -0.25) is 4.79 Å². The molecule has 1 amide bonds. The Balaban J connectivity index is 2.38. The molecule has 1 aromatic carbocycles. The average Bonchev–Trinajstić information content (AvgIpc) is 2.40. The summed E-state index contributed by atoms with van der Waals surface area (Å²) in [6.45, 7) is 6.58. The van der Waals surface area contributed by atoms with Crippen LogP contribution in [-0.4, -0.2) is 24.0 Å². The van der Waals surface area contributed by atoms with Gasteiger partial charge < -0.3 is 10.2 Å². The van der Waals surface area contributed by atoms with Gasteiger partial charge in [0.25, 0.3) is 0 Å². The first-order valence-electron chi connectivity index (χ1n) is 6.26. The molecular weight excluding hydrogens is 231 g/mol. The van der Waals surface area contributed by atoms with Gasteiger partial charge in [-0.1, -0.05) is 0 Å². The molecule has 0 bridgehead atoms. The predicted octanol–water partition coefficient (Wildman–Crippen LogP) is 2.32. The molecule has 0 aromatic heterocycles. The molecule has 0 radical (unpaired) electrons. The second-order valence-corrected chi connectivity index (χ2v) is 5.34. The van der Waals surface area contributed by atoms with Crippen LogP contribution >= 0.6 is 0 Å². The van der Waals surface area contributed by atoms with Crippen LogP contribution in [0.5, 0.6) is 0 Å². The van der Waals surface area contributed by atoms with Crippen molar-refractivity contribution in [1.82, 2.24) is 5.32 Å². The molecule has 1 aromatic rings. The Morgan fingerprint density at radius 2 is 1.94 bits per heavy atom. The van der Waals surface area contributed by atoms with Crippen molar-refractivity contribution in [2.24, 2.45) is 0 Å². The van der Waals surface area contributed by atoms with Crippen LogP contribution in [0.3, 0.4) is 0 Å². The van der Waals surface area contributed by atoms with Gasteiger partial charge in [0, 0.05) is 11.7 Å². The lowest BCUT2D eigenvalue weighted by molar-refractivity contribution is -0.123. The summed E-state index contributed by atoms with van der Waals surface area (Å²) in [6, 6.07) is 6.20. The minimum atomic E-state index is -0.584. The predicted molar refractivity (Wildman–Crippen MR) is 70.0 cm³/mol. The largest absolute Gasteiger partial charge is 0.308 e. The van der Waals surface area contributed by atoms with E-state index in [0.717, 1.165) is 18.7 Å². The van der Waals surface area contributed by atoms with Gasteiger partial charge in [0.1, 0.15) is 5.82 Å². The molecule has 1 heterocycles.